The predicted octanol–water partition coefficient (Wildman–Crippen LogP) is 3.56. The van der Waals surface area contributed by atoms with E-state index >= 15 is 0 Å². The molecule has 2 heterocycles. The number of oxazole rings is 1. The molecule has 0 fully saturated rings. The van der Waals surface area contributed by atoms with Crippen molar-refractivity contribution >= 4 is 5.91 Å². The van der Waals surface area contributed by atoms with Crippen molar-refractivity contribution in [1.29, 1.82) is 0 Å². The Morgan fingerprint density at radius 3 is 2.61 bits per heavy atom. The number of amides is 1. The molecule has 1 N–H and O–H groups in total. The fourth-order valence-electron chi connectivity index (χ4n) is 2.81. The fourth-order valence-corrected chi connectivity index (χ4v) is 2.81. The number of benzene rings is 1. The van der Waals surface area contributed by atoms with Crippen LogP contribution in [0, 0.1) is 11.6 Å². The van der Waals surface area contributed by atoms with Crippen LogP contribution in [0.5, 0.6) is 0 Å². The number of rotatable bonds is 8. The molecule has 3 rings (SSSR count). The highest BCUT2D eigenvalue weighted by atomic mass is 19.1. The van der Waals surface area contributed by atoms with Crippen molar-refractivity contribution < 1.29 is 22.4 Å². The summed E-state index contributed by atoms with van der Waals surface area (Å²) < 4.78 is 38.4. The van der Waals surface area contributed by atoms with Gasteiger partial charge in [0.05, 0.1) is 24.1 Å². The van der Waals surface area contributed by atoms with Crippen molar-refractivity contribution in [2.45, 2.75) is 18.9 Å². The van der Waals surface area contributed by atoms with Gasteiger partial charge in [-0.3, -0.25) is 9.69 Å². The van der Waals surface area contributed by atoms with Gasteiger partial charge in [-0.05, 0) is 38.4 Å². The van der Waals surface area contributed by atoms with Gasteiger partial charge in [0.15, 0.2) is 11.7 Å². The first-order valence-electron chi connectivity index (χ1n) is 8.81. The second-order valence-corrected chi connectivity index (χ2v) is 6.51. The molecule has 0 saturated heterocycles. The van der Waals surface area contributed by atoms with Gasteiger partial charge in [0, 0.05) is 19.4 Å². The first-order valence-corrected chi connectivity index (χ1v) is 8.81. The van der Waals surface area contributed by atoms with E-state index < -0.39 is 11.6 Å². The first kappa shape index (κ1) is 19.8. The van der Waals surface area contributed by atoms with Gasteiger partial charge < -0.3 is 14.2 Å². The Morgan fingerprint density at radius 1 is 1.21 bits per heavy atom. The van der Waals surface area contributed by atoms with Crippen molar-refractivity contribution in [1.82, 2.24) is 15.2 Å². The van der Waals surface area contributed by atoms with Crippen LogP contribution in [0.4, 0.5) is 8.78 Å². The summed E-state index contributed by atoms with van der Waals surface area (Å²) >= 11 is 0. The van der Waals surface area contributed by atoms with E-state index in [4.69, 9.17) is 8.83 Å². The minimum Gasteiger partial charge on any atom is -0.468 e. The monoisotopic (exact) mass is 389 g/mol. The van der Waals surface area contributed by atoms with Crippen LogP contribution in [0.1, 0.15) is 24.1 Å². The van der Waals surface area contributed by atoms with E-state index in [2.05, 4.69) is 10.3 Å². The molecule has 8 heteroatoms. The highest BCUT2D eigenvalue weighted by molar-refractivity contribution is 5.76. The van der Waals surface area contributed by atoms with Crippen molar-refractivity contribution in [2.24, 2.45) is 0 Å². The maximum absolute atomic E-state index is 13.8. The van der Waals surface area contributed by atoms with Gasteiger partial charge in [-0.1, -0.05) is 6.07 Å². The molecule has 0 aliphatic carbocycles. The molecule has 0 spiro atoms. The normalized spacial score (nSPS) is 12.3. The second-order valence-electron chi connectivity index (χ2n) is 6.51. The summed E-state index contributed by atoms with van der Waals surface area (Å²) in [6.45, 7) is 0.386. The Balaban J connectivity index is 1.55. The number of likely N-dealkylation sites (N-methyl/N-ethyl adjacent to an activating group) is 1. The molecular formula is C20H21F2N3O3. The predicted molar refractivity (Wildman–Crippen MR) is 98.3 cm³/mol. The Morgan fingerprint density at radius 2 is 1.96 bits per heavy atom. The lowest BCUT2D eigenvalue weighted by molar-refractivity contribution is -0.121. The van der Waals surface area contributed by atoms with Crippen LogP contribution in [0.3, 0.4) is 0 Å². The third kappa shape index (κ3) is 4.64. The average Bonchev–Trinajstić information content (AvgIpc) is 3.32. The summed E-state index contributed by atoms with van der Waals surface area (Å²) in [4.78, 5) is 18.1. The number of nitrogens with one attached hydrogen (secondary N) is 1. The van der Waals surface area contributed by atoms with Crippen molar-refractivity contribution in [3.05, 3.63) is 66.1 Å². The summed E-state index contributed by atoms with van der Waals surface area (Å²) in [6.07, 6.45) is 3.20. The largest absolute Gasteiger partial charge is 0.468 e. The molecule has 3 aromatic rings. The number of hydrogen-bond acceptors (Lipinski definition) is 5. The number of carbonyl (C=O) groups is 1. The van der Waals surface area contributed by atoms with Gasteiger partial charge >= 0.3 is 0 Å². The smallest absolute Gasteiger partial charge is 0.220 e. The number of carbonyl (C=O) groups excluding carboxylic acids is 1. The summed E-state index contributed by atoms with van der Waals surface area (Å²) in [5.74, 6) is -0.648. The molecule has 28 heavy (non-hydrogen) atoms. The first-order chi connectivity index (χ1) is 13.5. The van der Waals surface area contributed by atoms with Gasteiger partial charge in [0.1, 0.15) is 17.4 Å². The molecule has 1 aromatic carbocycles. The number of nitrogens with zero attached hydrogens (tertiary/aromatic N) is 2. The molecule has 148 valence electrons. The van der Waals surface area contributed by atoms with E-state index in [-0.39, 0.29) is 42.0 Å². The Hall–Kier alpha value is -3.00. The summed E-state index contributed by atoms with van der Waals surface area (Å²) in [5.41, 5.74) is -0.266. The van der Waals surface area contributed by atoms with Gasteiger partial charge in [-0.25, -0.2) is 13.8 Å². The van der Waals surface area contributed by atoms with E-state index in [9.17, 15) is 13.6 Å². The van der Waals surface area contributed by atoms with Crippen LogP contribution < -0.4 is 5.32 Å². The Bertz CT molecular complexity index is 902. The van der Waals surface area contributed by atoms with E-state index in [0.717, 1.165) is 17.9 Å². The lowest BCUT2D eigenvalue weighted by atomic mass is 10.1. The van der Waals surface area contributed by atoms with Crippen LogP contribution in [0.25, 0.3) is 11.3 Å². The molecule has 6 nitrogen and oxygen atoms in total. The van der Waals surface area contributed by atoms with Gasteiger partial charge in [-0.15, -0.1) is 0 Å². The van der Waals surface area contributed by atoms with Gasteiger partial charge in [-0.2, -0.15) is 0 Å². The second kappa shape index (κ2) is 8.79. The average molecular weight is 389 g/mol. The minimum absolute atomic E-state index is 0.00324. The molecule has 1 atom stereocenters. The molecule has 0 bridgehead atoms. The van der Waals surface area contributed by atoms with Gasteiger partial charge in [0.2, 0.25) is 5.91 Å². The Labute approximate surface area is 161 Å². The highest BCUT2D eigenvalue weighted by Crippen LogP contribution is 2.26. The zero-order valence-corrected chi connectivity index (χ0v) is 15.6. The number of hydrogen-bond donors (Lipinski definition) is 1. The topological polar surface area (TPSA) is 71.5 Å². The molecule has 2 aromatic heterocycles. The van der Waals surface area contributed by atoms with Crippen LogP contribution in [0.15, 0.2) is 51.6 Å². The molecule has 0 saturated carbocycles. The van der Waals surface area contributed by atoms with Crippen molar-refractivity contribution in [3.63, 3.8) is 0 Å². The number of aromatic nitrogens is 1. The summed E-state index contributed by atoms with van der Waals surface area (Å²) in [5, 5.41) is 2.85. The van der Waals surface area contributed by atoms with Crippen LogP contribution in [-0.2, 0) is 11.2 Å². The number of furan rings is 1. The maximum Gasteiger partial charge on any atom is 0.220 e. The molecule has 0 aliphatic heterocycles. The van der Waals surface area contributed by atoms with Crippen LogP contribution in [0.2, 0.25) is 0 Å². The fraction of sp³-hybridized carbons (Fsp3) is 0.300. The van der Waals surface area contributed by atoms with Crippen molar-refractivity contribution in [2.75, 3.05) is 20.6 Å². The lowest BCUT2D eigenvalue weighted by Crippen LogP contribution is -2.34. The Kier molecular flexibility index (Phi) is 6.20. The van der Waals surface area contributed by atoms with E-state index in [0.29, 0.717) is 6.54 Å². The zero-order valence-electron chi connectivity index (χ0n) is 15.6. The van der Waals surface area contributed by atoms with Crippen molar-refractivity contribution in [3.8, 4) is 11.3 Å². The molecule has 1 amide bonds. The third-order valence-corrected chi connectivity index (χ3v) is 4.32. The standard InChI is InChI=1S/C20H21F2N3O3/c1-25(2)15(16-7-4-10-27-16)11-23-18(26)8-9-19-24-12-17(28-19)20-13(21)5-3-6-14(20)22/h3-7,10,12,15H,8-9,11H2,1-2H3,(H,23,26). The summed E-state index contributed by atoms with van der Waals surface area (Å²) in [6, 6.07) is 7.14. The molecular weight excluding hydrogens is 368 g/mol. The molecule has 0 aliphatic rings. The SMILES string of the molecule is CN(C)C(CNC(=O)CCc1ncc(-c2c(F)cccc2F)o1)c1ccco1. The summed E-state index contributed by atoms with van der Waals surface area (Å²) in [7, 11) is 3.80. The minimum atomic E-state index is -0.729. The quantitative estimate of drug-likeness (QED) is 0.638. The van der Waals surface area contributed by atoms with E-state index in [1.165, 1.54) is 12.3 Å². The molecule has 1 unspecified atom stereocenters. The number of aryl methyl sites for hydroxylation is 1. The highest BCUT2D eigenvalue weighted by Gasteiger charge is 2.19. The maximum atomic E-state index is 13.8. The van der Waals surface area contributed by atoms with Crippen LogP contribution >= 0.6 is 0 Å². The number of halogens is 2. The lowest BCUT2D eigenvalue weighted by Gasteiger charge is -2.22. The third-order valence-electron chi connectivity index (χ3n) is 4.32. The van der Waals surface area contributed by atoms with E-state index in [1.807, 2.05) is 25.1 Å². The molecule has 0 radical (unpaired) electrons. The van der Waals surface area contributed by atoms with Crippen LogP contribution in [-0.4, -0.2) is 36.4 Å². The van der Waals surface area contributed by atoms with Gasteiger partial charge in [0.25, 0.3) is 0 Å². The van der Waals surface area contributed by atoms with E-state index in [1.54, 1.807) is 12.3 Å². The zero-order chi connectivity index (χ0) is 20.1.